The number of carbonyl (C=O) groups is 1. The van der Waals surface area contributed by atoms with Gasteiger partial charge in [0.05, 0.1) is 18.3 Å². The van der Waals surface area contributed by atoms with Gasteiger partial charge >= 0.3 is 18.2 Å². The summed E-state index contributed by atoms with van der Waals surface area (Å²) in [6.07, 6.45) is -8.01. The summed E-state index contributed by atoms with van der Waals surface area (Å²) in [4.78, 5) is 20.3. The number of alkyl halides is 6. The number of halogens is 6. The molecule has 0 spiro atoms. The van der Waals surface area contributed by atoms with Crippen molar-refractivity contribution in [1.82, 2.24) is 15.5 Å². The van der Waals surface area contributed by atoms with Gasteiger partial charge in [0.1, 0.15) is 6.61 Å². The maximum Gasteiger partial charge on any atom is 0.471 e. The maximum absolute atomic E-state index is 12.7. The number of amides is 1. The highest BCUT2D eigenvalue weighted by molar-refractivity contribution is 5.95. The Morgan fingerprint density at radius 3 is 2.42 bits per heavy atom. The number of oxime groups is 1. The molecule has 0 atom stereocenters. The van der Waals surface area contributed by atoms with Gasteiger partial charge in [0.15, 0.2) is 0 Å². The zero-order chi connectivity index (χ0) is 24.1. The Kier molecular flexibility index (Phi) is 6.99. The van der Waals surface area contributed by atoms with Crippen molar-refractivity contribution in [3.05, 3.63) is 71.1 Å². The molecule has 3 aromatic rings. The zero-order valence-corrected chi connectivity index (χ0v) is 16.4. The minimum Gasteiger partial charge on any atom is -0.391 e. The van der Waals surface area contributed by atoms with Crippen LogP contribution in [0.2, 0.25) is 0 Å². The van der Waals surface area contributed by atoms with Gasteiger partial charge in [-0.15, -0.1) is 0 Å². The second-order valence-corrected chi connectivity index (χ2v) is 6.47. The van der Waals surface area contributed by atoms with E-state index in [-0.39, 0.29) is 35.7 Å². The number of hydrogen-bond acceptors (Lipinski definition) is 6. The fourth-order valence-electron chi connectivity index (χ4n) is 2.51. The van der Waals surface area contributed by atoms with E-state index in [1.54, 1.807) is 0 Å². The summed E-state index contributed by atoms with van der Waals surface area (Å²) in [7, 11) is 0. The fraction of sp³-hybridized carbons (Fsp3) is 0.200. The molecule has 0 radical (unpaired) electrons. The van der Waals surface area contributed by atoms with Crippen LogP contribution in [0.5, 0.6) is 0 Å². The number of hydrogen-bond donors (Lipinski definition) is 1. The van der Waals surface area contributed by atoms with Gasteiger partial charge in [-0.2, -0.15) is 31.3 Å². The molecule has 2 aromatic carbocycles. The van der Waals surface area contributed by atoms with Crippen molar-refractivity contribution in [3.8, 4) is 11.4 Å². The lowest BCUT2D eigenvalue weighted by atomic mass is 10.1. The van der Waals surface area contributed by atoms with E-state index in [1.807, 2.05) is 0 Å². The molecule has 1 amide bonds. The molecule has 1 N–H and O–H groups in total. The summed E-state index contributed by atoms with van der Waals surface area (Å²) < 4.78 is 79.7. The second kappa shape index (κ2) is 9.71. The molecule has 0 unspecified atom stereocenters. The second-order valence-electron chi connectivity index (χ2n) is 6.47. The highest BCUT2D eigenvalue weighted by atomic mass is 19.4. The largest absolute Gasteiger partial charge is 0.471 e. The summed E-state index contributed by atoms with van der Waals surface area (Å²) in [6, 6.07) is 10.0. The minimum absolute atomic E-state index is 0.0387. The number of carbonyl (C=O) groups excluding carboxylic acids is 1. The summed E-state index contributed by atoms with van der Waals surface area (Å²) >= 11 is 0. The van der Waals surface area contributed by atoms with E-state index in [4.69, 9.17) is 4.84 Å². The summed E-state index contributed by atoms with van der Waals surface area (Å²) in [5, 5.41) is 9.31. The normalized spacial score (nSPS) is 12.2. The van der Waals surface area contributed by atoms with Crippen molar-refractivity contribution < 1.29 is 40.5 Å². The van der Waals surface area contributed by atoms with Crippen LogP contribution >= 0.6 is 0 Å². The van der Waals surface area contributed by atoms with E-state index in [2.05, 4.69) is 25.1 Å². The third-order valence-electron chi connectivity index (χ3n) is 4.06. The van der Waals surface area contributed by atoms with E-state index in [0.717, 1.165) is 12.1 Å². The van der Waals surface area contributed by atoms with Gasteiger partial charge in [-0.25, -0.2) is 0 Å². The van der Waals surface area contributed by atoms with Crippen molar-refractivity contribution in [2.24, 2.45) is 5.16 Å². The van der Waals surface area contributed by atoms with E-state index in [1.165, 1.54) is 42.6 Å². The first-order valence-electron chi connectivity index (χ1n) is 9.13. The van der Waals surface area contributed by atoms with Crippen molar-refractivity contribution in [1.29, 1.82) is 0 Å². The standard InChI is InChI=1S/C20H14F6N4O3/c21-19(22,23)15-3-1-2-12(10-15)11-32-28-9-8-27-17(31)14-6-4-13(5-7-14)16-29-18(33-30-16)20(24,25)26/h1-7,9-10H,8,11H2,(H,27,31). The highest BCUT2D eigenvalue weighted by Crippen LogP contribution is 2.30. The van der Waals surface area contributed by atoms with Gasteiger partial charge in [-0.3, -0.25) is 4.79 Å². The van der Waals surface area contributed by atoms with Crippen LogP contribution in [0.1, 0.15) is 27.4 Å². The van der Waals surface area contributed by atoms with Crippen LogP contribution in [-0.2, 0) is 23.8 Å². The van der Waals surface area contributed by atoms with E-state index in [0.29, 0.717) is 0 Å². The summed E-state index contributed by atoms with van der Waals surface area (Å²) in [5.74, 6) is -2.26. The Morgan fingerprint density at radius 1 is 1.06 bits per heavy atom. The smallest absolute Gasteiger partial charge is 0.391 e. The van der Waals surface area contributed by atoms with E-state index in [9.17, 15) is 31.1 Å². The van der Waals surface area contributed by atoms with Crippen molar-refractivity contribution in [2.75, 3.05) is 6.54 Å². The molecule has 33 heavy (non-hydrogen) atoms. The lowest BCUT2D eigenvalue weighted by Crippen LogP contribution is -2.25. The van der Waals surface area contributed by atoms with Gasteiger partial charge < -0.3 is 14.7 Å². The average Bonchev–Trinajstić information content (AvgIpc) is 3.27. The lowest BCUT2D eigenvalue weighted by molar-refractivity contribution is -0.159. The Labute approximate surface area is 182 Å². The Balaban J connectivity index is 1.46. The monoisotopic (exact) mass is 472 g/mol. The van der Waals surface area contributed by atoms with Crippen LogP contribution in [0.15, 0.2) is 58.2 Å². The maximum atomic E-state index is 12.7. The minimum atomic E-state index is -4.76. The lowest BCUT2D eigenvalue weighted by Gasteiger charge is -2.08. The molecule has 0 aliphatic rings. The SMILES string of the molecule is O=C(NCC=NOCc1cccc(C(F)(F)F)c1)c1ccc(-c2noc(C(F)(F)F)n2)cc1. The summed E-state index contributed by atoms with van der Waals surface area (Å²) in [5.41, 5.74) is -0.104. The number of aromatic nitrogens is 2. The Bertz CT molecular complexity index is 1120. The predicted octanol–water partition coefficient (Wildman–Crippen LogP) is 4.71. The van der Waals surface area contributed by atoms with Crippen LogP contribution in [0.3, 0.4) is 0 Å². The van der Waals surface area contributed by atoms with E-state index >= 15 is 0 Å². The molecule has 0 aliphatic heterocycles. The van der Waals surface area contributed by atoms with Crippen LogP contribution in [0.25, 0.3) is 11.4 Å². The van der Waals surface area contributed by atoms with Crippen molar-refractivity contribution in [2.45, 2.75) is 19.0 Å². The molecule has 0 saturated heterocycles. The molecule has 0 fully saturated rings. The van der Waals surface area contributed by atoms with E-state index < -0.39 is 29.7 Å². The highest BCUT2D eigenvalue weighted by Gasteiger charge is 2.38. The quantitative estimate of drug-likeness (QED) is 0.306. The molecular weight excluding hydrogens is 458 g/mol. The first-order chi connectivity index (χ1) is 15.5. The molecule has 13 heteroatoms. The molecular formula is C20H14F6N4O3. The first-order valence-corrected chi connectivity index (χ1v) is 9.13. The van der Waals surface area contributed by atoms with Crippen LogP contribution in [-0.4, -0.2) is 28.8 Å². The Morgan fingerprint density at radius 2 is 1.79 bits per heavy atom. The number of nitrogens with zero attached hydrogens (tertiary/aromatic N) is 3. The van der Waals surface area contributed by atoms with Gasteiger partial charge in [0.25, 0.3) is 5.91 Å². The molecule has 1 aromatic heterocycles. The first kappa shape index (κ1) is 23.8. The van der Waals surface area contributed by atoms with Crippen molar-refractivity contribution in [3.63, 3.8) is 0 Å². The van der Waals surface area contributed by atoms with Gasteiger partial charge in [-0.1, -0.05) is 34.6 Å². The number of nitrogens with one attached hydrogen (secondary N) is 1. The molecule has 0 bridgehead atoms. The molecule has 3 rings (SSSR count). The molecule has 0 aliphatic carbocycles. The average molecular weight is 472 g/mol. The topological polar surface area (TPSA) is 89.6 Å². The zero-order valence-electron chi connectivity index (χ0n) is 16.4. The van der Waals surface area contributed by atoms with Gasteiger partial charge in [-0.05, 0) is 29.8 Å². The van der Waals surface area contributed by atoms with Crippen molar-refractivity contribution >= 4 is 12.1 Å². The molecule has 7 nitrogen and oxygen atoms in total. The van der Waals surface area contributed by atoms with Crippen LogP contribution in [0.4, 0.5) is 26.3 Å². The third kappa shape index (κ3) is 6.54. The Hall–Kier alpha value is -3.90. The van der Waals surface area contributed by atoms with Gasteiger partial charge in [0.2, 0.25) is 5.82 Å². The van der Waals surface area contributed by atoms with Gasteiger partial charge in [0, 0.05) is 11.1 Å². The predicted molar refractivity (Wildman–Crippen MR) is 102 cm³/mol. The molecule has 0 saturated carbocycles. The number of rotatable bonds is 7. The van der Waals surface area contributed by atoms with Crippen LogP contribution < -0.4 is 5.32 Å². The number of benzene rings is 2. The third-order valence-corrected chi connectivity index (χ3v) is 4.06. The molecule has 1 heterocycles. The van der Waals surface area contributed by atoms with Crippen LogP contribution in [0, 0.1) is 0 Å². The summed E-state index contributed by atoms with van der Waals surface area (Å²) in [6.45, 7) is -0.231. The fourth-order valence-corrected chi connectivity index (χ4v) is 2.51. The molecule has 174 valence electrons.